The van der Waals surface area contributed by atoms with Gasteiger partial charge < -0.3 is 34.3 Å². The Labute approximate surface area is 255 Å². The minimum atomic E-state index is -2.36. The van der Waals surface area contributed by atoms with Crippen LogP contribution >= 0.6 is 0 Å². The van der Waals surface area contributed by atoms with E-state index in [0.29, 0.717) is 5.57 Å². The predicted molar refractivity (Wildman–Crippen MR) is 162 cm³/mol. The lowest BCUT2D eigenvalue weighted by Gasteiger charge is -2.67. The number of hydrogen-bond acceptors (Lipinski definition) is 9. The third kappa shape index (κ3) is 4.46. The zero-order valence-electron chi connectivity index (χ0n) is 26.4. The molecule has 1 saturated heterocycles. The van der Waals surface area contributed by atoms with Crippen LogP contribution in [0.3, 0.4) is 0 Å². The Kier molecular flexibility index (Phi) is 8.20. The van der Waals surface area contributed by atoms with Crippen LogP contribution < -0.4 is 0 Å². The fraction of sp³-hybridized carbons (Fsp3) is 0.697. The number of Topliss-reactive ketones (excluding diaryl/α,β-unsaturated/α-hetero) is 1. The molecule has 10 heteroatoms. The van der Waals surface area contributed by atoms with E-state index in [4.69, 9.17) is 13.9 Å². The van der Waals surface area contributed by atoms with E-state index in [1.54, 1.807) is 58.0 Å². The molecule has 9 nitrogen and oxygen atoms in total. The molecule has 4 N–H and O–H groups in total. The van der Waals surface area contributed by atoms with Crippen LogP contribution in [0.5, 0.6) is 0 Å². The maximum Gasteiger partial charge on any atom is 0.338 e. The molecule has 1 aromatic rings. The maximum absolute atomic E-state index is 14.9. The Morgan fingerprint density at radius 1 is 1.05 bits per heavy atom. The minimum Gasteiger partial charge on any atom is -0.455 e. The predicted octanol–water partition coefficient (Wildman–Crippen LogP) is 3.54. The van der Waals surface area contributed by atoms with Gasteiger partial charge in [0.25, 0.3) is 0 Å². The SMILES string of the molecule is CC[Si](CC)(CC)O[C@H]1C[C@H]2OC[C@@]2(O)C2[C@H](OC(=O)c3ccccc3)[C@]3(O)C[C@H](O)C(C)=C([C@@H](O)C(=O)[C@@]21C)C3(C)C. The first kappa shape index (κ1) is 32.5. The van der Waals surface area contributed by atoms with E-state index in [0.717, 1.165) is 18.1 Å². The van der Waals surface area contributed by atoms with Crippen molar-refractivity contribution in [3.63, 3.8) is 0 Å². The van der Waals surface area contributed by atoms with Crippen LogP contribution in [-0.4, -0.2) is 88.8 Å². The molecule has 0 radical (unpaired) electrons. The highest BCUT2D eigenvalue weighted by Crippen LogP contribution is 2.63. The topological polar surface area (TPSA) is 143 Å². The summed E-state index contributed by atoms with van der Waals surface area (Å²) in [5, 5.41) is 48.4. The highest BCUT2D eigenvalue weighted by Gasteiger charge is 2.76. The van der Waals surface area contributed by atoms with Gasteiger partial charge in [-0.15, -0.1) is 0 Å². The van der Waals surface area contributed by atoms with Crippen LogP contribution in [-0.2, 0) is 18.7 Å². The standard InChI is InChI=1S/C33H48O9Si/c1-8-43(9-2,10-3)42-22-16-23-32(38,18-40-23)26-28(41-29(37)20-14-12-11-13-15-20)33(39)17-21(34)19(4)24(30(33,5)6)25(35)27(36)31(22,26)7/h11-15,21-23,25-26,28,34-35,38-39H,8-10,16-18H2,1-7H3/t21-,22-,23+,25+,26?,28-,31+,32-,33+/m0/s1. The Bertz CT molecular complexity index is 1280. The van der Waals surface area contributed by atoms with Gasteiger partial charge in [0.1, 0.15) is 23.4 Å². The maximum atomic E-state index is 14.9. The zero-order chi connectivity index (χ0) is 31.8. The van der Waals surface area contributed by atoms with Crippen molar-refractivity contribution in [1.29, 1.82) is 0 Å². The van der Waals surface area contributed by atoms with Gasteiger partial charge in [0, 0.05) is 24.2 Å². The molecular formula is C33H48O9Si. The van der Waals surface area contributed by atoms with Gasteiger partial charge in [-0.2, -0.15) is 0 Å². The summed E-state index contributed by atoms with van der Waals surface area (Å²) in [5.74, 6) is -2.51. The summed E-state index contributed by atoms with van der Waals surface area (Å²) in [5.41, 5.74) is -5.69. The summed E-state index contributed by atoms with van der Waals surface area (Å²) in [6, 6.07) is 10.8. The molecule has 2 saturated carbocycles. The molecule has 5 rings (SSSR count). The number of aliphatic hydroxyl groups excluding tert-OH is 2. The highest BCUT2D eigenvalue weighted by molar-refractivity contribution is 6.73. The van der Waals surface area contributed by atoms with E-state index in [1.807, 2.05) is 0 Å². The van der Waals surface area contributed by atoms with Crippen molar-refractivity contribution in [2.24, 2.45) is 16.7 Å². The number of benzene rings is 1. The highest BCUT2D eigenvalue weighted by atomic mass is 28.4. The quantitative estimate of drug-likeness (QED) is 0.206. The van der Waals surface area contributed by atoms with Gasteiger partial charge in [0.15, 0.2) is 14.1 Å². The number of esters is 1. The molecule has 9 atom stereocenters. The molecule has 43 heavy (non-hydrogen) atoms. The number of ether oxygens (including phenoxy) is 2. The summed E-state index contributed by atoms with van der Waals surface area (Å²) in [4.78, 5) is 28.7. The average molecular weight is 617 g/mol. The number of ketones is 1. The number of carbonyl (C=O) groups is 2. The van der Waals surface area contributed by atoms with Gasteiger partial charge in [-0.25, -0.2) is 4.79 Å². The van der Waals surface area contributed by atoms with E-state index < -0.39 is 78.5 Å². The summed E-state index contributed by atoms with van der Waals surface area (Å²) >= 11 is 0. The molecule has 2 bridgehead atoms. The molecule has 3 fully saturated rings. The number of fused-ring (bicyclic) bond motifs is 5. The Hall–Kier alpha value is -1.92. The van der Waals surface area contributed by atoms with Crippen LogP contribution in [0.1, 0.15) is 71.7 Å². The lowest BCUT2D eigenvalue weighted by Crippen LogP contribution is -2.81. The molecule has 4 aliphatic rings. The van der Waals surface area contributed by atoms with Crippen LogP contribution in [0, 0.1) is 16.7 Å². The largest absolute Gasteiger partial charge is 0.455 e. The molecule has 1 aliphatic heterocycles. The third-order valence-corrected chi connectivity index (χ3v) is 16.6. The average Bonchev–Trinajstić information content (AvgIpc) is 2.98. The van der Waals surface area contributed by atoms with Crippen molar-refractivity contribution in [3.05, 3.63) is 47.0 Å². The molecule has 0 amide bonds. The van der Waals surface area contributed by atoms with Gasteiger partial charge >= 0.3 is 5.97 Å². The Balaban J connectivity index is 1.79. The number of aliphatic hydroxyl groups is 4. The van der Waals surface area contributed by atoms with E-state index in [-0.39, 0.29) is 30.6 Å². The van der Waals surface area contributed by atoms with Crippen molar-refractivity contribution >= 4 is 20.1 Å². The van der Waals surface area contributed by atoms with Crippen molar-refractivity contribution in [3.8, 4) is 0 Å². The summed E-state index contributed by atoms with van der Waals surface area (Å²) in [6.07, 6.45) is -5.85. The Morgan fingerprint density at radius 2 is 1.65 bits per heavy atom. The molecule has 1 aromatic carbocycles. The molecule has 0 spiro atoms. The minimum absolute atomic E-state index is 0.133. The van der Waals surface area contributed by atoms with E-state index in [9.17, 15) is 30.0 Å². The fourth-order valence-electron chi connectivity index (χ4n) is 8.72. The first-order valence-electron chi connectivity index (χ1n) is 15.7. The molecule has 1 heterocycles. The first-order valence-corrected chi connectivity index (χ1v) is 18.2. The van der Waals surface area contributed by atoms with Gasteiger partial charge in [-0.05, 0) is 55.3 Å². The lowest BCUT2D eigenvalue weighted by molar-refractivity contribution is -0.342. The third-order valence-electron chi connectivity index (χ3n) is 11.9. The normalized spacial score (nSPS) is 40.5. The first-order chi connectivity index (χ1) is 20.1. The lowest BCUT2D eigenvalue weighted by atomic mass is 9.45. The van der Waals surface area contributed by atoms with Gasteiger partial charge in [-0.1, -0.05) is 52.8 Å². The molecule has 1 unspecified atom stereocenters. The van der Waals surface area contributed by atoms with E-state index in [2.05, 4.69) is 20.8 Å². The number of carbonyl (C=O) groups excluding carboxylic acids is 2. The second kappa shape index (κ2) is 10.9. The van der Waals surface area contributed by atoms with Crippen molar-refractivity contribution < 1.29 is 43.9 Å². The summed E-state index contributed by atoms with van der Waals surface area (Å²) < 4.78 is 19.2. The van der Waals surface area contributed by atoms with Crippen LogP contribution in [0.15, 0.2) is 41.5 Å². The second-order valence-corrected chi connectivity index (χ2v) is 18.7. The zero-order valence-corrected chi connectivity index (χ0v) is 27.4. The smallest absolute Gasteiger partial charge is 0.338 e. The molecule has 238 valence electrons. The summed E-state index contributed by atoms with van der Waals surface area (Å²) in [6.45, 7) is 12.9. The molecular weight excluding hydrogens is 568 g/mol. The van der Waals surface area contributed by atoms with Gasteiger partial charge in [0.2, 0.25) is 0 Å². The number of rotatable bonds is 7. The summed E-state index contributed by atoms with van der Waals surface area (Å²) in [7, 11) is -2.36. The van der Waals surface area contributed by atoms with E-state index >= 15 is 0 Å². The molecule has 0 aromatic heterocycles. The van der Waals surface area contributed by atoms with Crippen molar-refractivity contribution in [2.45, 2.75) is 121 Å². The van der Waals surface area contributed by atoms with Crippen LogP contribution in [0.4, 0.5) is 0 Å². The van der Waals surface area contributed by atoms with E-state index in [1.165, 1.54) is 0 Å². The van der Waals surface area contributed by atoms with Gasteiger partial charge in [-0.3, -0.25) is 4.79 Å². The fourth-order valence-corrected chi connectivity index (χ4v) is 11.7. The monoisotopic (exact) mass is 616 g/mol. The second-order valence-electron chi connectivity index (χ2n) is 14.0. The molecule has 3 aliphatic carbocycles. The van der Waals surface area contributed by atoms with Crippen molar-refractivity contribution in [1.82, 2.24) is 0 Å². The van der Waals surface area contributed by atoms with Crippen molar-refractivity contribution in [2.75, 3.05) is 6.61 Å². The number of hydrogen-bond donors (Lipinski definition) is 4. The van der Waals surface area contributed by atoms with Gasteiger partial charge in [0.05, 0.1) is 35.9 Å². The Morgan fingerprint density at radius 3 is 2.19 bits per heavy atom. The van der Waals surface area contributed by atoms with Crippen LogP contribution in [0.25, 0.3) is 0 Å². The van der Waals surface area contributed by atoms with Crippen LogP contribution in [0.2, 0.25) is 18.1 Å².